The van der Waals surface area contributed by atoms with Crippen LogP contribution in [0.4, 0.5) is 17.2 Å². The van der Waals surface area contributed by atoms with Crippen molar-refractivity contribution >= 4 is 35.5 Å². The maximum atomic E-state index is 11.9. The van der Waals surface area contributed by atoms with Crippen molar-refractivity contribution in [1.82, 2.24) is 24.8 Å². The van der Waals surface area contributed by atoms with Crippen molar-refractivity contribution in [3.05, 3.63) is 82.8 Å². The molecule has 1 amide bonds. The van der Waals surface area contributed by atoms with Gasteiger partial charge in [-0.15, -0.1) is 0 Å². The second-order valence-electron chi connectivity index (χ2n) is 14.0. The lowest BCUT2D eigenvalue weighted by atomic mass is 9.90. The number of allylic oxidation sites excluding steroid dienone is 3. The minimum Gasteiger partial charge on any atom is -0.392 e. The molecule has 2 aliphatic heterocycles. The highest BCUT2D eigenvalue weighted by Gasteiger charge is 2.32. The third-order valence-electron chi connectivity index (χ3n) is 9.91. The molecular weight excluding hydrogens is 620 g/mol. The first kappa shape index (κ1) is 34.3. The van der Waals surface area contributed by atoms with Crippen LogP contribution in [-0.2, 0) is 35.5 Å². The third kappa shape index (κ3) is 7.71. The Labute approximate surface area is 288 Å². The molecule has 2 saturated heterocycles. The molecule has 0 aromatic carbocycles. The monoisotopic (exact) mass is 668 g/mol. The van der Waals surface area contributed by atoms with Gasteiger partial charge in [0.2, 0.25) is 6.41 Å². The first-order valence-corrected chi connectivity index (χ1v) is 17.0. The van der Waals surface area contributed by atoms with Crippen LogP contribution in [0.1, 0.15) is 53.6 Å². The summed E-state index contributed by atoms with van der Waals surface area (Å²) in [5, 5.41) is 16.6. The molecule has 260 valence electrons. The maximum Gasteiger partial charge on any atom is 0.211 e. The number of carbonyl (C=O) groups excluding carboxylic acids is 2. The Kier molecular flexibility index (Phi) is 10.5. The predicted molar refractivity (Wildman–Crippen MR) is 192 cm³/mol. The van der Waals surface area contributed by atoms with E-state index >= 15 is 0 Å². The number of carbonyl (C=O) groups is 2. The summed E-state index contributed by atoms with van der Waals surface area (Å²) in [6, 6.07) is 6.65. The van der Waals surface area contributed by atoms with Gasteiger partial charge in [0.15, 0.2) is 6.29 Å². The fourth-order valence-electron chi connectivity index (χ4n) is 7.23. The van der Waals surface area contributed by atoms with Crippen molar-refractivity contribution < 1.29 is 19.4 Å². The zero-order valence-electron chi connectivity index (χ0n) is 29.0. The van der Waals surface area contributed by atoms with E-state index < -0.39 is 0 Å². The minimum atomic E-state index is -0.228. The van der Waals surface area contributed by atoms with Gasteiger partial charge in [-0.2, -0.15) is 0 Å². The molecule has 0 spiro atoms. The van der Waals surface area contributed by atoms with Gasteiger partial charge in [0, 0.05) is 86.8 Å². The molecular formula is C37H48N8O4. The number of nitrogens with one attached hydrogen (secondary N) is 2. The summed E-state index contributed by atoms with van der Waals surface area (Å²) in [6.45, 7) is 13.1. The van der Waals surface area contributed by atoms with E-state index in [4.69, 9.17) is 4.74 Å². The highest BCUT2D eigenvalue weighted by Crippen LogP contribution is 2.38. The van der Waals surface area contributed by atoms with Crippen LogP contribution in [-0.4, -0.2) is 96.3 Å². The van der Waals surface area contributed by atoms with Crippen molar-refractivity contribution in [3.8, 4) is 0 Å². The van der Waals surface area contributed by atoms with Crippen molar-refractivity contribution in [1.29, 1.82) is 0 Å². The van der Waals surface area contributed by atoms with Crippen molar-refractivity contribution in [2.45, 2.75) is 52.8 Å². The molecule has 12 nitrogen and oxygen atoms in total. The molecule has 0 radical (unpaired) electrons. The van der Waals surface area contributed by atoms with Crippen LogP contribution in [0.15, 0.2) is 54.8 Å². The highest BCUT2D eigenvalue weighted by atomic mass is 16.5. The van der Waals surface area contributed by atoms with Crippen molar-refractivity contribution in [2.24, 2.45) is 5.41 Å². The average molecular weight is 669 g/mol. The van der Waals surface area contributed by atoms with Gasteiger partial charge in [0.1, 0.15) is 5.82 Å². The molecule has 3 aliphatic rings. The summed E-state index contributed by atoms with van der Waals surface area (Å²) < 4.78 is 7.49. The number of rotatable bonds is 14. The van der Waals surface area contributed by atoms with E-state index in [1.54, 1.807) is 18.6 Å². The summed E-state index contributed by atoms with van der Waals surface area (Å²) in [4.78, 5) is 39.3. The normalized spacial score (nSPS) is 18.2. The molecule has 6 rings (SSSR count). The lowest BCUT2D eigenvalue weighted by Crippen LogP contribution is -2.56. The van der Waals surface area contributed by atoms with Crippen molar-refractivity contribution in [2.75, 3.05) is 68.1 Å². The van der Waals surface area contributed by atoms with Gasteiger partial charge in [-0.3, -0.25) is 19.5 Å². The van der Waals surface area contributed by atoms with Crippen LogP contribution < -0.4 is 20.4 Å². The number of hydrogen-bond donors (Lipinski definition) is 3. The predicted octanol–water partition coefficient (Wildman–Crippen LogP) is 3.47. The topological polar surface area (TPSA) is 128 Å². The number of likely N-dealkylation sites (N-methyl/N-ethyl adjacent to an activating group) is 1. The third-order valence-corrected chi connectivity index (χ3v) is 9.91. The number of fused-ring (bicyclic) bond motifs is 1. The lowest BCUT2D eigenvalue weighted by molar-refractivity contribution is -0.108. The summed E-state index contributed by atoms with van der Waals surface area (Å²) in [6.07, 6.45) is 12.3. The number of piperazine rings is 1. The van der Waals surface area contributed by atoms with Gasteiger partial charge in [-0.25, -0.2) is 4.98 Å². The quantitative estimate of drug-likeness (QED) is 0.174. The number of aromatic nitrogens is 3. The number of hydrogen-bond acceptors (Lipinski definition) is 10. The van der Waals surface area contributed by atoms with E-state index in [1.165, 1.54) is 11.3 Å². The molecule has 0 bridgehead atoms. The van der Waals surface area contributed by atoms with Crippen LogP contribution in [0.2, 0.25) is 0 Å². The van der Waals surface area contributed by atoms with Crippen LogP contribution in [0.3, 0.4) is 0 Å². The number of anilines is 3. The smallest absolute Gasteiger partial charge is 0.211 e. The van der Waals surface area contributed by atoms with Gasteiger partial charge in [0.05, 0.1) is 55.3 Å². The van der Waals surface area contributed by atoms with Crippen LogP contribution in [0.5, 0.6) is 0 Å². The number of pyridine rings is 2. The highest BCUT2D eigenvalue weighted by molar-refractivity contribution is 5.80. The van der Waals surface area contributed by atoms with Gasteiger partial charge >= 0.3 is 0 Å². The molecule has 49 heavy (non-hydrogen) atoms. The first-order valence-electron chi connectivity index (χ1n) is 17.0. The number of aliphatic hydroxyl groups excluding tert-OH is 1. The number of ether oxygens (including phenoxy) is 1. The molecule has 1 aliphatic carbocycles. The van der Waals surface area contributed by atoms with E-state index in [0.717, 1.165) is 75.6 Å². The number of aldehydes is 1. The lowest BCUT2D eigenvalue weighted by Gasteiger charge is -2.43. The molecule has 12 heteroatoms. The fourth-order valence-corrected chi connectivity index (χ4v) is 7.23. The molecule has 3 aromatic rings. The SMILES string of the molecule is C/C(=C\C(=C/NC=O)c1cncc(N(C)CCn2c(C=O)cc3c2CC(C)(C)C3)c1CO)Nc1ccc(N2CCN(C3COC3)CC2)cn1. The van der Waals surface area contributed by atoms with Gasteiger partial charge in [-0.05, 0) is 55.0 Å². The van der Waals surface area contributed by atoms with Crippen LogP contribution in [0, 0.1) is 5.41 Å². The second-order valence-corrected chi connectivity index (χ2v) is 14.0. The molecule has 2 fully saturated rings. The summed E-state index contributed by atoms with van der Waals surface area (Å²) in [5.41, 5.74) is 8.07. The standard InChI is InChI=1S/C37H48N8O4/c1-26(41-36-6-5-29(18-40-36)43-8-10-44(11-9-43)31-23-49-24-31)13-28(17-39-25-48)32-19-38-20-35(33(32)22-47)42(4)7-12-45-30(21-46)14-27-15-37(2,3)16-34(27)45/h5-6,13-14,17-21,25,31,47H,7-12,15-16,22-24H2,1-4H3,(H,39,48)(H,40,41)/b26-13+,28-17+. The largest absolute Gasteiger partial charge is 0.392 e. The van der Waals surface area contributed by atoms with Gasteiger partial charge < -0.3 is 34.8 Å². The molecule has 0 saturated carbocycles. The summed E-state index contributed by atoms with van der Waals surface area (Å²) in [5.74, 6) is 0.703. The number of nitrogens with zero attached hydrogens (tertiary/aromatic N) is 6. The number of amides is 1. The fraction of sp³-hybridized carbons (Fsp3) is 0.459. The first-order chi connectivity index (χ1) is 23.7. The molecule has 0 unspecified atom stereocenters. The molecule has 3 aromatic heterocycles. The van der Waals surface area contributed by atoms with E-state index in [0.29, 0.717) is 53.8 Å². The van der Waals surface area contributed by atoms with Crippen LogP contribution >= 0.6 is 0 Å². The Morgan fingerprint density at radius 3 is 2.57 bits per heavy atom. The zero-order valence-corrected chi connectivity index (χ0v) is 29.0. The number of aliphatic hydroxyl groups is 1. The maximum absolute atomic E-state index is 11.9. The van der Waals surface area contributed by atoms with Gasteiger partial charge in [-0.1, -0.05) is 13.8 Å². The Hall–Kier alpha value is -4.52. The van der Waals surface area contributed by atoms with E-state index in [2.05, 4.69) is 59.8 Å². The van der Waals surface area contributed by atoms with E-state index in [1.807, 2.05) is 38.4 Å². The zero-order chi connectivity index (χ0) is 34.5. The second kappa shape index (κ2) is 14.9. The van der Waals surface area contributed by atoms with E-state index in [-0.39, 0.29) is 12.0 Å². The summed E-state index contributed by atoms with van der Waals surface area (Å²) in [7, 11) is 1.96. The molecule has 5 heterocycles. The Morgan fingerprint density at radius 1 is 1.12 bits per heavy atom. The molecule has 3 N–H and O–H groups in total. The summed E-state index contributed by atoms with van der Waals surface area (Å²) >= 11 is 0. The van der Waals surface area contributed by atoms with Crippen LogP contribution in [0.25, 0.3) is 5.57 Å². The Bertz CT molecular complexity index is 1700. The van der Waals surface area contributed by atoms with Crippen molar-refractivity contribution in [3.63, 3.8) is 0 Å². The van der Waals surface area contributed by atoms with Gasteiger partial charge in [0.25, 0.3) is 0 Å². The average Bonchev–Trinajstić information content (AvgIpc) is 3.55. The Balaban J connectivity index is 1.15. The minimum absolute atomic E-state index is 0.182. The van der Waals surface area contributed by atoms with E-state index in [9.17, 15) is 14.7 Å². The Morgan fingerprint density at radius 2 is 1.92 bits per heavy atom. The molecule has 0 atom stereocenters.